The van der Waals surface area contributed by atoms with Crippen molar-refractivity contribution in [1.29, 1.82) is 0 Å². The zero-order chi connectivity index (χ0) is 21.8. The van der Waals surface area contributed by atoms with Crippen LogP contribution in [-0.4, -0.2) is 36.9 Å². The van der Waals surface area contributed by atoms with Crippen LogP contribution in [0.1, 0.15) is 15.9 Å². The Kier molecular flexibility index (Phi) is 5.44. The number of nitrogens with zero attached hydrogens (tertiary/aromatic N) is 2. The van der Waals surface area contributed by atoms with Crippen molar-refractivity contribution < 1.29 is 23.7 Å². The van der Waals surface area contributed by atoms with E-state index >= 15 is 0 Å². The van der Waals surface area contributed by atoms with Crippen molar-refractivity contribution in [2.45, 2.75) is 6.54 Å². The van der Waals surface area contributed by atoms with E-state index in [0.717, 1.165) is 5.56 Å². The van der Waals surface area contributed by atoms with E-state index in [9.17, 15) is 4.79 Å². The van der Waals surface area contributed by atoms with Gasteiger partial charge in [0.05, 0.1) is 6.54 Å². The molecule has 0 bridgehead atoms. The van der Waals surface area contributed by atoms with Gasteiger partial charge in [0.15, 0.2) is 23.0 Å². The predicted octanol–water partition coefficient (Wildman–Crippen LogP) is 2.98. The van der Waals surface area contributed by atoms with Crippen molar-refractivity contribution in [2.24, 2.45) is 4.99 Å². The molecule has 0 saturated heterocycles. The van der Waals surface area contributed by atoms with Gasteiger partial charge in [0.25, 0.3) is 5.91 Å². The second-order valence-electron chi connectivity index (χ2n) is 7.03. The number of aromatic nitrogens is 1. The summed E-state index contributed by atoms with van der Waals surface area (Å²) in [6.45, 7) is 1.51. The number of amides is 1. The highest BCUT2D eigenvalue weighted by Crippen LogP contribution is 2.33. The molecular weight excluding hydrogens is 412 g/mol. The summed E-state index contributed by atoms with van der Waals surface area (Å²) in [5.74, 6) is 2.43. The van der Waals surface area contributed by atoms with Crippen molar-refractivity contribution in [3.05, 3.63) is 72.1 Å². The van der Waals surface area contributed by atoms with E-state index in [1.54, 1.807) is 30.6 Å². The second-order valence-corrected chi connectivity index (χ2v) is 7.03. The number of aliphatic imine (C=N–C) groups is 1. The van der Waals surface area contributed by atoms with Crippen LogP contribution in [0.2, 0.25) is 0 Å². The number of nitrogens with one attached hydrogen (secondary N) is 2. The fourth-order valence-corrected chi connectivity index (χ4v) is 3.24. The van der Waals surface area contributed by atoms with Crippen molar-refractivity contribution in [3.8, 4) is 23.0 Å². The Hall–Kier alpha value is -4.27. The molecule has 2 N–H and O–H groups in total. The molecule has 2 aliphatic rings. The van der Waals surface area contributed by atoms with Gasteiger partial charge in [-0.15, -0.1) is 0 Å². The fourth-order valence-electron chi connectivity index (χ4n) is 3.24. The molecule has 0 unspecified atom stereocenters. The molecule has 0 atom stereocenters. The van der Waals surface area contributed by atoms with Gasteiger partial charge in [0.2, 0.25) is 12.8 Å². The Bertz CT molecular complexity index is 1170. The minimum absolute atomic E-state index is 0.144. The van der Waals surface area contributed by atoms with Gasteiger partial charge in [-0.1, -0.05) is 0 Å². The number of pyridine rings is 1. The minimum Gasteiger partial charge on any atom is -0.486 e. The van der Waals surface area contributed by atoms with Crippen molar-refractivity contribution in [1.82, 2.24) is 10.3 Å². The maximum absolute atomic E-state index is 12.9. The first-order valence-electron chi connectivity index (χ1n) is 10.1. The number of hydrogen-bond acceptors (Lipinski definition) is 7. The molecule has 2 aliphatic heterocycles. The highest BCUT2D eigenvalue weighted by molar-refractivity contribution is 6.10. The molecule has 2 aromatic carbocycles. The van der Waals surface area contributed by atoms with Gasteiger partial charge in [-0.25, -0.2) is 4.99 Å². The van der Waals surface area contributed by atoms with Gasteiger partial charge in [0.1, 0.15) is 13.2 Å². The van der Waals surface area contributed by atoms with E-state index in [0.29, 0.717) is 60.0 Å². The van der Waals surface area contributed by atoms with Crippen LogP contribution in [0.15, 0.2) is 65.9 Å². The largest absolute Gasteiger partial charge is 0.486 e. The first kappa shape index (κ1) is 19.7. The van der Waals surface area contributed by atoms with Crippen LogP contribution >= 0.6 is 0 Å². The van der Waals surface area contributed by atoms with E-state index < -0.39 is 0 Å². The van der Waals surface area contributed by atoms with Gasteiger partial charge < -0.3 is 24.3 Å². The molecule has 1 amide bonds. The van der Waals surface area contributed by atoms with Crippen LogP contribution in [0, 0.1) is 0 Å². The normalized spacial score (nSPS) is 14.1. The number of guanidine groups is 1. The summed E-state index contributed by atoms with van der Waals surface area (Å²) in [6.07, 6.45) is 3.40. The van der Waals surface area contributed by atoms with Crippen LogP contribution in [0.4, 0.5) is 5.69 Å². The van der Waals surface area contributed by atoms with Crippen LogP contribution in [0.3, 0.4) is 0 Å². The number of rotatable bonds is 4. The van der Waals surface area contributed by atoms with Crippen molar-refractivity contribution >= 4 is 17.6 Å². The summed E-state index contributed by atoms with van der Waals surface area (Å²) < 4.78 is 21.9. The van der Waals surface area contributed by atoms with Crippen LogP contribution in [0.25, 0.3) is 0 Å². The molecule has 9 heteroatoms. The zero-order valence-corrected chi connectivity index (χ0v) is 17.0. The monoisotopic (exact) mass is 432 g/mol. The summed E-state index contributed by atoms with van der Waals surface area (Å²) in [6, 6.07) is 14.2. The summed E-state index contributed by atoms with van der Waals surface area (Å²) >= 11 is 0. The SMILES string of the molecule is O=C(NC(=NCc1ccncc1)Nc1ccc2c(c1)OCCO2)c1ccc2c(c1)OCO2. The maximum atomic E-state index is 12.9. The van der Waals surface area contributed by atoms with Crippen molar-refractivity contribution in [3.63, 3.8) is 0 Å². The Balaban J connectivity index is 1.37. The lowest BCUT2D eigenvalue weighted by Crippen LogP contribution is -2.36. The van der Waals surface area contributed by atoms with Gasteiger partial charge in [-0.2, -0.15) is 0 Å². The van der Waals surface area contributed by atoms with Crippen LogP contribution in [0.5, 0.6) is 23.0 Å². The molecular formula is C23H20N4O5. The zero-order valence-electron chi connectivity index (χ0n) is 17.0. The summed E-state index contributed by atoms with van der Waals surface area (Å²) in [5, 5.41) is 6.00. The second kappa shape index (κ2) is 8.84. The number of carbonyl (C=O) groups excluding carboxylic acids is 1. The molecule has 9 nitrogen and oxygen atoms in total. The molecule has 5 rings (SSSR count). The molecule has 0 spiro atoms. The lowest BCUT2D eigenvalue weighted by atomic mass is 10.2. The third-order valence-corrected chi connectivity index (χ3v) is 4.84. The van der Waals surface area contributed by atoms with Gasteiger partial charge in [-0.3, -0.25) is 15.1 Å². The quantitative estimate of drug-likeness (QED) is 0.483. The number of fused-ring (bicyclic) bond motifs is 2. The lowest BCUT2D eigenvalue weighted by molar-refractivity contribution is 0.0976. The van der Waals surface area contributed by atoms with Crippen molar-refractivity contribution in [2.75, 3.05) is 25.3 Å². The van der Waals surface area contributed by atoms with Gasteiger partial charge in [0, 0.05) is 29.7 Å². The van der Waals surface area contributed by atoms with E-state index in [-0.39, 0.29) is 12.7 Å². The molecule has 0 fully saturated rings. The van der Waals surface area contributed by atoms with Gasteiger partial charge >= 0.3 is 0 Å². The molecule has 3 aromatic rings. The highest BCUT2D eigenvalue weighted by Gasteiger charge is 2.18. The molecule has 0 saturated carbocycles. The lowest BCUT2D eigenvalue weighted by Gasteiger charge is -2.19. The van der Waals surface area contributed by atoms with Crippen LogP contribution < -0.4 is 29.6 Å². The average Bonchev–Trinajstić information content (AvgIpc) is 3.31. The molecule has 0 radical (unpaired) electrons. The number of hydrogen-bond donors (Lipinski definition) is 2. The molecule has 1 aromatic heterocycles. The first-order valence-corrected chi connectivity index (χ1v) is 10.1. The Morgan fingerprint density at radius 1 is 0.875 bits per heavy atom. The Morgan fingerprint density at radius 2 is 1.59 bits per heavy atom. The molecule has 0 aliphatic carbocycles. The van der Waals surface area contributed by atoms with E-state index in [1.807, 2.05) is 30.3 Å². The highest BCUT2D eigenvalue weighted by atomic mass is 16.7. The minimum atomic E-state index is -0.332. The number of ether oxygens (including phenoxy) is 4. The van der Waals surface area contributed by atoms with E-state index in [1.165, 1.54) is 0 Å². The van der Waals surface area contributed by atoms with Gasteiger partial charge in [-0.05, 0) is 48.0 Å². The maximum Gasteiger partial charge on any atom is 0.258 e. The number of benzene rings is 2. The third kappa shape index (κ3) is 4.41. The standard InChI is InChI=1S/C23H20N4O5/c28-22(16-1-3-19-20(11-16)32-14-31-19)27-23(25-13-15-5-7-24-8-6-15)26-17-2-4-18-21(12-17)30-10-9-29-18/h1-8,11-12H,9-10,13-14H2,(H2,25,26,27,28). The predicted molar refractivity (Wildman–Crippen MR) is 116 cm³/mol. The summed E-state index contributed by atoms with van der Waals surface area (Å²) in [7, 11) is 0. The number of anilines is 1. The topological polar surface area (TPSA) is 103 Å². The number of carbonyl (C=O) groups is 1. The smallest absolute Gasteiger partial charge is 0.258 e. The first-order chi connectivity index (χ1) is 15.7. The Labute approximate surface area is 184 Å². The fraction of sp³-hybridized carbons (Fsp3) is 0.174. The summed E-state index contributed by atoms with van der Waals surface area (Å²) in [5.41, 5.74) is 2.09. The van der Waals surface area contributed by atoms with E-state index in [2.05, 4.69) is 20.6 Å². The van der Waals surface area contributed by atoms with Crippen LogP contribution in [-0.2, 0) is 6.54 Å². The third-order valence-electron chi connectivity index (χ3n) is 4.84. The Morgan fingerprint density at radius 3 is 2.47 bits per heavy atom. The summed E-state index contributed by atoms with van der Waals surface area (Å²) in [4.78, 5) is 21.5. The average molecular weight is 432 g/mol. The molecule has 3 heterocycles. The van der Waals surface area contributed by atoms with E-state index in [4.69, 9.17) is 18.9 Å². The molecule has 32 heavy (non-hydrogen) atoms. The molecule has 162 valence electrons.